The molecule has 5 nitrogen and oxygen atoms in total. The van der Waals surface area contributed by atoms with Gasteiger partial charge < -0.3 is 5.73 Å². The fourth-order valence-electron chi connectivity index (χ4n) is 1.27. The molecule has 2 aromatic rings. The molecule has 0 aliphatic heterocycles. The maximum atomic E-state index is 5.44. The second-order valence-electron chi connectivity index (χ2n) is 3.05. The first-order valence-corrected chi connectivity index (χ1v) is 5.57. The highest BCUT2D eigenvalue weighted by atomic mass is 32.1. The molecule has 76 valence electrons. The van der Waals surface area contributed by atoms with Crippen molar-refractivity contribution >= 4 is 16.3 Å². The standard InChI is InChI=1S/C8H13N5S/c1-2-6-10-11-8-13(6)12-7(14-8)4-3-5-9/h2-5,9H2,1H3. The van der Waals surface area contributed by atoms with Gasteiger partial charge in [0.05, 0.1) is 0 Å². The third-order valence-electron chi connectivity index (χ3n) is 2.01. The highest BCUT2D eigenvalue weighted by Gasteiger charge is 2.09. The van der Waals surface area contributed by atoms with E-state index in [0.717, 1.165) is 35.1 Å². The number of nitrogens with two attached hydrogens (primary N) is 1. The Bertz CT molecular complexity index is 418. The fraction of sp³-hybridized carbons (Fsp3) is 0.625. The van der Waals surface area contributed by atoms with Crippen molar-refractivity contribution in [3.63, 3.8) is 0 Å². The molecule has 0 aliphatic rings. The Morgan fingerprint density at radius 2 is 2.29 bits per heavy atom. The first-order valence-electron chi connectivity index (χ1n) is 4.75. The van der Waals surface area contributed by atoms with E-state index in [4.69, 9.17) is 5.73 Å². The molecule has 2 aromatic heterocycles. The number of aromatic nitrogens is 4. The van der Waals surface area contributed by atoms with E-state index in [-0.39, 0.29) is 0 Å². The van der Waals surface area contributed by atoms with Gasteiger partial charge in [-0.1, -0.05) is 18.3 Å². The second kappa shape index (κ2) is 4.02. The molecule has 0 aliphatic carbocycles. The summed E-state index contributed by atoms with van der Waals surface area (Å²) in [5.74, 6) is 0.926. The second-order valence-corrected chi connectivity index (χ2v) is 4.09. The van der Waals surface area contributed by atoms with Crippen LogP contribution in [0.25, 0.3) is 4.96 Å². The zero-order valence-corrected chi connectivity index (χ0v) is 8.92. The van der Waals surface area contributed by atoms with Gasteiger partial charge in [-0.2, -0.15) is 9.61 Å². The minimum atomic E-state index is 0.709. The molecule has 0 atom stereocenters. The summed E-state index contributed by atoms with van der Waals surface area (Å²) in [5, 5.41) is 13.6. The number of hydrogen-bond acceptors (Lipinski definition) is 5. The van der Waals surface area contributed by atoms with E-state index in [1.807, 2.05) is 4.52 Å². The van der Waals surface area contributed by atoms with Crippen LogP contribution in [0.2, 0.25) is 0 Å². The lowest BCUT2D eigenvalue weighted by molar-refractivity contribution is 0.772. The predicted octanol–water partition coefficient (Wildman–Crippen LogP) is 0.640. The molecule has 2 N–H and O–H groups in total. The van der Waals surface area contributed by atoms with Crippen molar-refractivity contribution in [1.29, 1.82) is 0 Å². The van der Waals surface area contributed by atoms with Gasteiger partial charge in [0.1, 0.15) is 5.01 Å². The predicted molar refractivity (Wildman–Crippen MR) is 55.4 cm³/mol. The molecule has 0 saturated carbocycles. The molecule has 0 amide bonds. The van der Waals surface area contributed by atoms with Crippen LogP contribution in [0.5, 0.6) is 0 Å². The maximum Gasteiger partial charge on any atom is 0.234 e. The van der Waals surface area contributed by atoms with E-state index in [1.165, 1.54) is 0 Å². The van der Waals surface area contributed by atoms with Gasteiger partial charge in [-0.15, -0.1) is 10.2 Å². The van der Waals surface area contributed by atoms with Gasteiger partial charge in [0.2, 0.25) is 4.96 Å². The molecule has 0 radical (unpaired) electrons. The van der Waals surface area contributed by atoms with Gasteiger partial charge in [-0.25, -0.2) is 0 Å². The third-order valence-corrected chi connectivity index (χ3v) is 2.97. The van der Waals surface area contributed by atoms with E-state index in [2.05, 4.69) is 22.2 Å². The maximum absolute atomic E-state index is 5.44. The molecule has 0 aromatic carbocycles. The SMILES string of the molecule is CCc1nnc2sc(CCCN)nn12. The monoisotopic (exact) mass is 211 g/mol. The van der Waals surface area contributed by atoms with E-state index >= 15 is 0 Å². The fourth-order valence-corrected chi connectivity index (χ4v) is 2.17. The summed E-state index contributed by atoms with van der Waals surface area (Å²) in [7, 11) is 0. The summed E-state index contributed by atoms with van der Waals surface area (Å²) in [4.78, 5) is 0.883. The van der Waals surface area contributed by atoms with Gasteiger partial charge in [0, 0.05) is 12.8 Å². The number of aryl methyl sites for hydroxylation is 2. The molecule has 0 unspecified atom stereocenters. The molecule has 6 heteroatoms. The molecule has 0 fully saturated rings. The lowest BCUT2D eigenvalue weighted by atomic mass is 10.3. The average molecular weight is 211 g/mol. The van der Waals surface area contributed by atoms with Crippen molar-refractivity contribution in [3.8, 4) is 0 Å². The Morgan fingerprint density at radius 1 is 1.43 bits per heavy atom. The Labute approximate surface area is 86.0 Å². The van der Waals surface area contributed by atoms with Gasteiger partial charge in [-0.05, 0) is 13.0 Å². The normalized spacial score (nSPS) is 11.3. The summed E-state index contributed by atoms with van der Waals surface area (Å²) in [6.07, 6.45) is 2.78. The van der Waals surface area contributed by atoms with E-state index in [0.29, 0.717) is 6.54 Å². The van der Waals surface area contributed by atoms with Crippen LogP contribution in [0, 0.1) is 0 Å². The van der Waals surface area contributed by atoms with Crippen LogP contribution in [-0.4, -0.2) is 26.4 Å². The van der Waals surface area contributed by atoms with Crippen molar-refractivity contribution < 1.29 is 0 Å². The zero-order valence-electron chi connectivity index (χ0n) is 8.10. The molecular weight excluding hydrogens is 198 g/mol. The zero-order chi connectivity index (χ0) is 9.97. The first kappa shape index (κ1) is 9.54. The third kappa shape index (κ3) is 1.62. The van der Waals surface area contributed by atoms with Crippen LogP contribution in [0.4, 0.5) is 0 Å². The Morgan fingerprint density at radius 3 is 3.00 bits per heavy atom. The first-order chi connectivity index (χ1) is 6.85. The highest BCUT2D eigenvalue weighted by Crippen LogP contribution is 2.15. The van der Waals surface area contributed by atoms with Gasteiger partial charge in [-0.3, -0.25) is 0 Å². The minimum absolute atomic E-state index is 0.709. The molecular formula is C8H13N5S. The molecule has 0 bridgehead atoms. The Balaban J connectivity index is 2.28. The molecule has 0 saturated heterocycles. The van der Waals surface area contributed by atoms with Gasteiger partial charge >= 0.3 is 0 Å². The molecule has 0 spiro atoms. The van der Waals surface area contributed by atoms with Crippen LogP contribution >= 0.6 is 11.3 Å². The Hall–Kier alpha value is -1.01. The van der Waals surface area contributed by atoms with E-state index in [9.17, 15) is 0 Å². The number of nitrogens with zero attached hydrogens (tertiary/aromatic N) is 4. The van der Waals surface area contributed by atoms with Crippen LogP contribution < -0.4 is 5.73 Å². The summed E-state index contributed by atoms with van der Waals surface area (Å²) >= 11 is 1.60. The average Bonchev–Trinajstić information content (AvgIpc) is 2.73. The van der Waals surface area contributed by atoms with Crippen molar-refractivity contribution in [1.82, 2.24) is 19.8 Å². The topological polar surface area (TPSA) is 69.1 Å². The highest BCUT2D eigenvalue weighted by molar-refractivity contribution is 7.16. The van der Waals surface area contributed by atoms with Crippen molar-refractivity contribution in [3.05, 3.63) is 10.8 Å². The lowest BCUT2D eigenvalue weighted by Gasteiger charge is -1.91. The summed E-state index contributed by atoms with van der Waals surface area (Å²) in [5.41, 5.74) is 5.44. The van der Waals surface area contributed by atoms with Crippen molar-refractivity contribution in [2.75, 3.05) is 6.54 Å². The van der Waals surface area contributed by atoms with E-state index in [1.54, 1.807) is 11.3 Å². The summed E-state index contributed by atoms with van der Waals surface area (Å²) in [6.45, 7) is 2.76. The summed E-state index contributed by atoms with van der Waals surface area (Å²) in [6, 6.07) is 0. The molecule has 14 heavy (non-hydrogen) atoms. The Kier molecular flexibility index (Phi) is 2.74. The minimum Gasteiger partial charge on any atom is -0.330 e. The molecule has 2 rings (SSSR count). The van der Waals surface area contributed by atoms with Crippen LogP contribution in [0.3, 0.4) is 0 Å². The van der Waals surface area contributed by atoms with Crippen LogP contribution in [0.1, 0.15) is 24.2 Å². The quantitative estimate of drug-likeness (QED) is 0.805. The van der Waals surface area contributed by atoms with Gasteiger partial charge in [0.15, 0.2) is 5.82 Å². The van der Waals surface area contributed by atoms with Gasteiger partial charge in [0.25, 0.3) is 0 Å². The van der Waals surface area contributed by atoms with Crippen LogP contribution in [-0.2, 0) is 12.8 Å². The number of rotatable bonds is 4. The molecule has 2 heterocycles. The van der Waals surface area contributed by atoms with Crippen molar-refractivity contribution in [2.24, 2.45) is 5.73 Å². The number of hydrogen-bond donors (Lipinski definition) is 1. The number of fused-ring (bicyclic) bond motifs is 1. The van der Waals surface area contributed by atoms with Crippen molar-refractivity contribution in [2.45, 2.75) is 26.2 Å². The van der Waals surface area contributed by atoms with Crippen LogP contribution in [0.15, 0.2) is 0 Å². The van der Waals surface area contributed by atoms with E-state index < -0.39 is 0 Å². The summed E-state index contributed by atoms with van der Waals surface area (Å²) < 4.78 is 1.83. The largest absolute Gasteiger partial charge is 0.330 e. The lowest BCUT2D eigenvalue weighted by Crippen LogP contribution is -2.01. The smallest absolute Gasteiger partial charge is 0.234 e.